The summed E-state index contributed by atoms with van der Waals surface area (Å²) in [6.45, 7) is 0. The molecule has 0 bridgehead atoms. The maximum Gasteiger partial charge on any atom is 0.573 e. The van der Waals surface area contributed by atoms with Gasteiger partial charge in [0.05, 0.1) is 5.69 Å². The number of alkyl halides is 3. The number of nitrogens with one attached hydrogen (secondary N) is 1. The molecular weight excluding hydrogens is 400 g/mol. The van der Waals surface area contributed by atoms with Gasteiger partial charge in [0.15, 0.2) is 5.57 Å². The van der Waals surface area contributed by atoms with Gasteiger partial charge < -0.3 is 10.1 Å². The van der Waals surface area contributed by atoms with Gasteiger partial charge in [0.1, 0.15) is 29.7 Å². The summed E-state index contributed by atoms with van der Waals surface area (Å²) in [7, 11) is 0. The zero-order chi connectivity index (χ0) is 16.0. The fourth-order valence-corrected chi connectivity index (χ4v) is 1.83. The predicted octanol–water partition coefficient (Wildman–Crippen LogP) is 3.43. The molecule has 1 N–H and O–H groups in total. The normalized spacial score (nSPS) is 9.76. The molecule has 0 aliphatic heterocycles. The highest BCUT2D eigenvalue weighted by molar-refractivity contribution is 14.1. The number of benzene rings is 1. The maximum atomic E-state index is 12.1. The van der Waals surface area contributed by atoms with E-state index in [4.69, 9.17) is 15.8 Å². The lowest BCUT2D eigenvalue weighted by Crippen LogP contribution is -2.17. The molecule has 1 aromatic carbocycles. The Morgan fingerprint density at radius 2 is 1.76 bits per heavy atom. The van der Waals surface area contributed by atoms with Crippen molar-refractivity contribution < 1.29 is 17.9 Å². The fourth-order valence-electron chi connectivity index (χ4n) is 1.21. The highest BCUT2D eigenvalue weighted by atomic mass is 127. The summed E-state index contributed by atoms with van der Waals surface area (Å²) in [6, 6.07) is 8.12. The molecule has 0 radical (unpaired) electrons. The first-order valence-corrected chi connectivity index (χ1v) is 6.15. The van der Waals surface area contributed by atoms with E-state index in [1.807, 2.05) is 0 Å². The number of ether oxygens (including phenoxy) is 1. The smallest absolute Gasteiger partial charge is 0.406 e. The van der Waals surface area contributed by atoms with E-state index in [2.05, 4.69) is 10.1 Å². The minimum absolute atomic E-state index is 0.268. The van der Waals surface area contributed by atoms with Gasteiger partial charge in [-0.15, -0.1) is 13.2 Å². The Hall–Kier alpha value is -2.45. The minimum Gasteiger partial charge on any atom is -0.406 e. The average molecular weight is 404 g/mol. The molecule has 0 aliphatic rings. The largest absolute Gasteiger partial charge is 0.573 e. The van der Waals surface area contributed by atoms with Crippen molar-refractivity contribution in [2.75, 3.05) is 5.32 Å². The number of hydrogen-bond donors (Lipinski definition) is 1. The topological polar surface area (TPSA) is 92.6 Å². The highest BCUT2D eigenvalue weighted by Gasteiger charge is 2.31. The van der Waals surface area contributed by atoms with Crippen LogP contribution in [0.4, 0.5) is 18.9 Å². The summed E-state index contributed by atoms with van der Waals surface area (Å²) in [5.74, 6) is -0.416. The molecule has 1 rings (SSSR count). The zero-order valence-electron chi connectivity index (χ0n) is 9.99. The van der Waals surface area contributed by atoms with Crippen molar-refractivity contribution in [1.82, 2.24) is 0 Å². The van der Waals surface area contributed by atoms with Crippen LogP contribution < -0.4 is 10.1 Å². The van der Waals surface area contributed by atoms with E-state index in [0.717, 1.165) is 12.1 Å². The van der Waals surface area contributed by atoms with Crippen molar-refractivity contribution in [2.24, 2.45) is 0 Å². The van der Waals surface area contributed by atoms with E-state index in [1.54, 1.807) is 40.8 Å². The highest BCUT2D eigenvalue weighted by Crippen LogP contribution is 2.29. The van der Waals surface area contributed by atoms with E-state index in [9.17, 15) is 13.2 Å². The van der Waals surface area contributed by atoms with Crippen LogP contribution in [0.1, 0.15) is 0 Å². The third-order valence-corrected chi connectivity index (χ3v) is 2.91. The third-order valence-electron chi connectivity index (χ3n) is 2.02. The van der Waals surface area contributed by atoms with Crippen molar-refractivity contribution >= 4 is 28.3 Å². The number of hydrogen-bond acceptors (Lipinski definition) is 5. The molecule has 0 fully saturated rings. The van der Waals surface area contributed by atoms with Crippen LogP contribution >= 0.6 is 22.6 Å². The Kier molecular flexibility index (Phi) is 5.39. The number of rotatable bonds is 3. The van der Waals surface area contributed by atoms with Crippen LogP contribution in [-0.2, 0) is 0 Å². The monoisotopic (exact) mass is 404 g/mol. The van der Waals surface area contributed by atoms with Crippen molar-refractivity contribution in [2.45, 2.75) is 6.36 Å². The van der Waals surface area contributed by atoms with Gasteiger partial charge in [0, 0.05) is 3.57 Å². The van der Waals surface area contributed by atoms with Crippen LogP contribution in [-0.4, -0.2) is 6.36 Å². The Morgan fingerprint density at radius 3 is 2.19 bits per heavy atom. The van der Waals surface area contributed by atoms with Gasteiger partial charge in [-0.3, -0.25) is 0 Å². The SMILES string of the molecule is N#CC(C#N)=C(C#N)Nc1ccc(OC(F)(F)F)cc1I. The van der Waals surface area contributed by atoms with Gasteiger partial charge in [0.2, 0.25) is 0 Å². The van der Waals surface area contributed by atoms with Gasteiger partial charge >= 0.3 is 6.36 Å². The molecule has 0 aliphatic carbocycles. The van der Waals surface area contributed by atoms with Crippen LogP contribution in [0.15, 0.2) is 29.5 Å². The second-order valence-electron chi connectivity index (χ2n) is 3.40. The number of nitriles is 3. The average Bonchev–Trinajstić information content (AvgIpc) is 2.39. The Morgan fingerprint density at radius 1 is 1.14 bits per heavy atom. The molecule has 1 aromatic rings. The summed E-state index contributed by atoms with van der Waals surface area (Å²) in [4.78, 5) is 0. The molecule has 0 amide bonds. The van der Waals surface area contributed by atoms with Gasteiger partial charge in [-0.1, -0.05) is 0 Å². The van der Waals surface area contributed by atoms with Gasteiger partial charge in [-0.05, 0) is 40.8 Å². The Bertz CT molecular complexity index is 691. The molecule has 106 valence electrons. The van der Waals surface area contributed by atoms with Gasteiger partial charge in [0.25, 0.3) is 0 Å². The van der Waals surface area contributed by atoms with Crippen LogP contribution in [0.2, 0.25) is 0 Å². The van der Waals surface area contributed by atoms with Crippen LogP contribution in [0.25, 0.3) is 0 Å². The summed E-state index contributed by atoms with van der Waals surface area (Å²) < 4.78 is 40.3. The lowest BCUT2D eigenvalue weighted by molar-refractivity contribution is -0.274. The molecule has 9 heteroatoms. The van der Waals surface area contributed by atoms with E-state index in [-0.39, 0.29) is 11.4 Å². The quantitative estimate of drug-likeness (QED) is 0.616. The van der Waals surface area contributed by atoms with Crippen molar-refractivity contribution in [3.05, 3.63) is 33.0 Å². The molecule has 5 nitrogen and oxygen atoms in total. The molecule has 0 saturated carbocycles. The van der Waals surface area contributed by atoms with Crippen LogP contribution in [0.5, 0.6) is 5.75 Å². The van der Waals surface area contributed by atoms with Crippen LogP contribution in [0, 0.1) is 37.6 Å². The first-order chi connectivity index (χ1) is 9.80. The summed E-state index contributed by atoms with van der Waals surface area (Å²) in [6.07, 6.45) is -4.80. The number of nitrogens with zero attached hydrogens (tertiary/aromatic N) is 3. The lowest BCUT2D eigenvalue weighted by atomic mass is 10.2. The van der Waals surface area contributed by atoms with Gasteiger partial charge in [-0.25, -0.2) is 0 Å². The fraction of sp³-hybridized carbons (Fsp3) is 0.0833. The van der Waals surface area contributed by atoms with E-state index in [0.29, 0.717) is 3.57 Å². The van der Waals surface area contributed by atoms with Crippen molar-refractivity contribution in [1.29, 1.82) is 15.8 Å². The van der Waals surface area contributed by atoms with Crippen molar-refractivity contribution in [3.8, 4) is 24.0 Å². The molecule has 0 aromatic heterocycles. The molecule has 0 unspecified atom stereocenters. The predicted molar refractivity (Wildman–Crippen MR) is 73.3 cm³/mol. The molecular formula is C12H4F3IN4O. The Labute approximate surface area is 131 Å². The van der Waals surface area contributed by atoms with Gasteiger partial charge in [-0.2, -0.15) is 15.8 Å². The summed E-state index contributed by atoms with van der Waals surface area (Å²) in [5, 5.41) is 28.7. The molecule has 0 spiro atoms. The summed E-state index contributed by atoms with van der Waals surface area (Å²) >= 11 is 1.73. The first-order valence-electron chi connectivity index (χ1n) is 5.07. The van der Waals surface area contributed by atoms with E-state index >= 15 is 0 Å². The van der Waals surface area contributed by atoms with E-state index in [1.165, 1.54) is 6.07 Å². The maximum absolute atomic E-state index is 12.1. The number of halogens is 4. The zero-order valence-corrected chi connectivity index (χ0v) is 12.2. The Balaban J connectivity index is 3.08. The van der Waals surface area contributed by atoms with E-state index < -0.39 is 17.7 Å². The lowest BCUT2D eigenvalue weighted by Gasteiger charge is -2.11. The minimum atomic E-state index is -4.80. The van der Waals surface area contributed by atoms with Crippen molar-refractivity contribution in [3.63, 3.8) is 0 Å². The molecule has 21 heavy (non-hydrogen) atoms. The van der Waals surface area contributed by atoms with Crippen LogP contribution in [0.3, 0.4) is 0 Å². The number of anilines is 1. The molecule has 0 heterocycles. The second kappa shape index (κ2) is 6.82. The number of allylic oxidation sites excluding steroid dienone is 2. The third kappa shape index (κ3) is 4.86. The first kappa shape index (κ1) is 16.6. The second-order valence-corrected chi connectivity index (χ2v) is 4.56. The molecule has 0 saturated heterocycles. The standard InChI is InChI=1S/C12H4F3IN4O/c13-12(14,15)21-8-1-2-10(9(16)3-8)20-11(6-19)7(4-17)5-18/h1-3,20H. The molecule has 0 atom stereocenters. The summed E-state index contributed by atoms with van der Waals surface area (Å²) in [5.41, 5.74) is -0.448.